The summed E-state index contributed by atoms with van der Waals surface area (Å²) in [4.78, 5) is 54.2. The topological polar surface area (TPSA) is 114 Å². The molecule has 1 aromatic heterocycles. The molecule has 1 aliphatic carbocycles. The molecule has 8 nitrogen and oxygen atoms in total. The van der Waals surface area contributed by atoms with Gasteiger partial charge >= 0.3 is 5.97 Å². The second-order valence-electron chi connectivity index (χ2n) is 10.7. The molecule has 0 spiro atoms. The molecule has 242 valence electrons. The molecule has 4 aromatic rings. The molecule has 47 heavy (non-hydrogen) atoms. The number of fused-ring (bicyclic) bond motifs is 1. The zero-order chi connectivity index (χ0) is 33.2. The quantitative estimate of drug-likeness (QED) is 0.0638. The van der Waals surface area contributed by atoms with E-state index < -0.39 is 17.8 Å². The minimum atomic E-state index is -0.530. The number of nitrogens with one attached hydrogen (secondary N) is 3. The SMILES string of the molecule is CCOC(=O)c1c(NC(=O)CSc2cccc(NC(=O)/C(=C/c3cccc(Cl)c3)NC(=O)c3ccccc3)c2)sc2c1CCCCC2. The molecule has 0 saturated heterocycles. The number of thioether (sulfide) groups is 1. The fourth-order valence-electron chi connectivity index (χ4n) is 5.13. The Morgan fingerprint density at radius 2 is 1.70 bits per heavy atom. The number of ether oxygens (including phenoxy) is 1. The molecule has 5 rings (SSSR count). The number of carbonyl (C=O) groups excluding carboxylic acids is 4. The lowest BCUT2D eigenvalue weighted by molar-refractivity contribution is -0.114. The number of halogens is 1. The molecule has 0 radical (unpaired) electrons. The third-order valence-corrected chi connectivity index (χ3v) is 9.74. The van der Waals surface area contributed by atoms with Crippen molar-refractivity contribution in [2.75, 3.05) is 23.0 Å². The summed E-state index contributed by atoms with van der Waals surface area (Å²) in [5.74, 6) is -1.52. The van der Waals surface area contributed by atoms with Crippen LogP contribution in [0.25, 0.3) is 6.08 Å². The van der Waals surface area contributed by atoms with Crippen molar-refractivity contribution in [3.05, 3.63) is 117 Å². The number of rotatable bonds is 11. The molecule has 3 N–H and O–H groups in total. The lowest BCUT2D eigenvalue weighted by Gasteiger charge is -2.12. The molecule has 11 heteroatoms. The van der Waals surface area contributed by atoms with Crippen LogP contribution in [-0.2, 0) is 27.2 Å². The first-order valence-electron chi connectivity index (χ1n) is 15.3. The largest absolute Gasteiger partial charge is 0.462 e. The highest BCUT2D eigenvalue weighted by molar-refractivity contribution is 8.00. The lowest BCUT2D eigenvalue weighted by atomic mass is 10.1. The number of carbonyl (C=O) groups is 4. The molecule has 0 atom stereocenters. The second-order valence-corrected chi connectivity index (χ2v) is 13.3. The van der Waals surface area contributed by atoms with Crippen molar-refractivity contribution in [3.63, 3.8) is 0 Å². The van der Waals surface area contributed by atoms with Gasteiger partial charge in [-0.05, 0) is 92.3 Å². The van der Waals surface area contributed by atoms with Crippen molar-refractivity contribution < 1.29 is 23.9 Å². The predicted molar refractivity (Wildman–Crippen MR) is 189 cm³/mol. The number of hydrogen-bond acceptors (Lipinski definition) is 7. The molecule has 1 heterocycles. The summed E-state index contributed by atoms with van der Waals surface area (Å²) in [6, 6.07) is 22.6. The monoisotopic (exact) mass is 687 g/mol. The third-order valence-electron chi connectivity index (χ3n) is 7.30. The summed E-state index contributed by atoms with van der Waals surface area (Å²) in [5, 5.41) is 9.55. The summed E-state index contributed by atoms with van der Waals surface area (Å²) in [6.45, 7) is 2.03. The van der Waals surface area contributed by atoms with Gasteiger partial charge < -0.3 is 20.7 Å². The molecule has 3 amide bonds. The van der Waals surface area contributed by atoms with Gasteiger partial charge in [0.2, 0.25) is 5.91 Å². The Bertz CT molecular complexity index is 1810. The third kappa shape index (κ3) is 9.34. The van der Waals surface area contributed by atoms with Gasteiger partial charge in [-0.25, -0.2) is 4.79 Å². The molecular weight excluding hydrogens is 654 g/mol. The number of esters is 1. The van der Waals surface area contributed by atoms with Crippen LogP contribution in [-0.4, -0.2) is 36.1 Å². The van der Waals surface area contributed by atoms with Gasteiger partial charge in [-0.15, -0.1) is 23.1 Å². The van der Waals surface area contributed by atoms with Crippen molar-refractivity contribution in [3.8, 4) is 0 Å². The van der Waals surface area contributed by atoms with Crippen molar-refractivity contribution in [1.29, 1.82) is 0 Å². The Morgan fingerprint density at radius 3 is 2.49 bits per heavy atom. The normalized spacial score (nSPS) is 12.8. The number of benzene rings is 3. The van der Waals surface area contributed by atoms with E-state index in [1.54, 1.807) is 85.8 Å². The van der Waals surface area contributed by atoms with Crippen LogP contribution in [0.1, 0.15) is 62.9 Å². The highest BCUT2D eigenvalue weighted by Crippen LogP contribution is 2.38. The Labute approximate surface area is 286 Å². The van der Waals surface area contributed by atoms with Gasteiger partial charge in [0.15, 0.2) is 0 Å². The predicted octanol–water partition coefficient (Wildman–Crippen LogP) is 7.99. The van der Waals surface area contributed by atoms with Gasteiger partial charge in [-0.2, -0.15) is 0 Å². The standard InChI is InChI=1S/C36H34ClN3O5S2/c1-2-45-36(44)32-28-17-7-4-8-18-30(28)47-35(32)40-31(41)22-46-27-16-10-15-26(21-27)38-34(43)29(20-23-11-9-14-25(37)19-23)39-33(42)24-12-5-3-6-13-24/h3,5-6,9-16,19-21H,2,4,7-8,17-18,22H2,1H3,(H,38,43)(H,39,42)(H,40,41)/b29-20-. The second kappa shape index (κ2) is 16.4. The maximum absolute atomic E-state index is 13.5. The highest BCUT2D eigenvalue weighted by atomic mass is 35.5. The molecule has 0 fully saturated rings. The van der Waals surface area contributed by atoms with Crippen molar-refractivity contribution in [2.45, 2.75) is 43.9 Å². The smallest absolute Gasteiger partial charge is 0.341 e. The first-order chi connectivity index (χ1) is 22.8. The van der Waals surface area contributed by atoms with Gasteiger partial charge in [-0.1, -0.05) is 54.4 Å². The van der Waals surface area contributed by atoms with Crippen LogP contribution in [0.15, 0.2) is 89.5 Å². The fourth-order valence-corrected chi connectivity index (χ4v) is 7.38. The first kappa shape index (κ1) is 34.0. The summed E-state index contributed by atoms with van der Waals surface area (Å²) in [5.41, 5.74) is 3.04. The van der Waals surface area contributed by atoms with E-state index in [2.05, 4.69) is 16.0 Å². The molecule has 0 bridgehead atoms. The molecule has 0 unspecified atom stereocenters. The van der Waals surface area contributed by atoms with Crippen LogP contribution >= 0.6 is 34.7 Å². The van der Waals surface area contributed by atoms with E-state index in [4.69, 9.17) is 16.3 Å². The number of hydrogen-bond donors (Lipinski definition) is 3. The molecule has 0 saturated carbocycles. The van der Waals surface area contributed by atoms with Crippen molar-refractivity contribution in [2.24, 2.45) is 0 Å². The van der Waals surface area contributed by atoms with Crippen LogP contribution in [0.4, 0.5) is 10.7 Å². The van der Waals surface area contributed by atoms with Crippen LogP contribution in [0.2, 0.25) is 5.02 Å². The van der Waals surface area contributed by atoms with Gasteiger partial charge in [0, 0.05) is 26.0 Å². The fraction of sp³-hybridized carbons (Fsp3) is 0.222. The Morgan fingerprint density at radius 1 is 0.915 bits per heavy atom. The molecule has 3 aromatic carbocycles. The van der Waals surface area contributed by atoms with Crippen LogP contribution in [0.3, 0.4) is 0 Å². The maximum atomic E-state index is 13.5. The summed E-state index contributed by atoms with van der Waals surface area (Å²) in [6.07, 6.45) is 6.42. The first-order valence-corrected chi connectivity index (χ1v) is 17.5. The van der Waals surface area contributed by atoms with Gasteiger partial charge in [-0.3, -0.25) is 14.4 Å². The summed E-state index contributed by atoms with van der Waals surface area (Å²) < 4.78 is 5.33. The van der Waals surface area contributed by atoms with Crippen LogP contribution < -0.4 is 16.0 Å². The molecular formula is C36H34ClN3O5S2. The maximum Gasteiger partial charge on any atom is 0.341 e. The minimum Gasteiger partial charge on any atom is -0.462 e. The Kier molecular flexibility index (Phi) is 11.9. The Balaban J connectivity index is 1.26. The Hall–Kier alpha value is -4.38. The number of aryl methyl sites for hydroxylation is 1. The van der Waals surface area contributed by atoms with Gasteiger partial charge in [0.1, 0.15) is 10.7 Å². The van der Waals surface area contributed by atoms with E-state index in [9.17, 15) is 19.2 Å². The molecule has 0 aliphatic heterocycles. The minimum absolute atomic E-state index is 0.0327. The summed E-state index contributed by atoms with van der Waals surface area (Å²) in [7, 11) is 0. The highest BCUT2D eigenvalue weighted by Gasteiger charge is 2.26. The van der Waals surface area contributed by atoms with Crippen LogP contribution in [0.5, 0.6) is 0 Å². The van der Waals surface area contributed by atoms with E-state index >= 15 is 0 Å². The average molecular weight is 688 g/mol. The average Bonchev–Trinajstić information content (AvgIpc) is 3.23. The van der Waals surface area contributed by atoms with E-state index in [-0.39, 0.29) is 24.0 Å². The summed E-state index contributed by atoms with van der Waals surface area (Å²) >= 11 is 8.91. The van der Waals surface area contributed by atoms with Crippen molar-refractivity contribution >= 4 is 75.2 Å². The molecule has 1 aliphatic rings. The number of amides is 3. The van der Waals surface area contributed by atoms with E-state index in [1.807, 2.05) is 6.07 Å². The van der Waals surface area contributed by atoms with E-state index in [1.165, 1.54) is 23.1 Å². The van der Waals surface area contributed by atoms with Crippen molar-refractivity contribution in [1.82, 2.24) is 5.32 Å². The van der Waals surface area contributed by atoms with E-state index in [0.29, 0.717) is 32.4 Å². The van der Waals surface area contributed by atoms with Crippen LogP contribution in [0, 0.1) is 0 Å². The lowest BCUT2D eigenvalue weighted by Crippen LogP contribution is -2.30. The van der Waals surface area contributed by atoms with E-state index in [0.717, 1.165) is 47.4 Å². The van der Waals surface area contributed by atoms with Gasteiger partial charge in [0.25, 0.3) is 11.8 Å². The number of thiophene rings is 1. The zero-order valence-corrected chi connectivity index (χ0v) is 28.2. The van der Waals surface area contributed by atoms with Gasteiger partial charge in [0.05, 0.1) is 17.9 Å². The number of anilines is 2. The zero-order valence-electron chi connectivity index (χ0n) is 25.8.